The SMILES string of the molecule is CCCCOc1ccc(C2C(=C(O)c3cccc(OCCCC)c3)C(=O)C(=O)N2c2nc3ccc(F)cc3s2)cc1. The number of aromatic nitrogens is 1. The fourth-order valence-electron chi connectivity index (χ4n) is 4.64. The van der Waals surface area contributed by atoms with Crippen molar-refractivity contribution < 1.29 is 28.6 Å². The van der Waals surface area contributed by atoms with Crippen LogP contribution in [0.15, 0.2) is 72.3 Å². The maximum atomic E-state index is 13.9. The van der Waals surface area contributed by atoms with E-state index in [4.69, 9.17) is 9.47 Å². The molecule has 1 aliphatic rings. The predicted octanol–water partition coefficient (Wildman–Crippen LogP) is 7.42. The highest BCUT2D eigenvalue weighted by Crippen LogP contribution is 2.44. The Kier molecular flexibility index (Phi) is 8.64. The molecular weight excluding hydrogens is 543 g/mol. The third-order valence-corrected chi connectivity index (χ3v) is 7.84. The predicted molar refractivity (Wildman–Crippen MR) is 158 cm³/mol. The second kappa shape index (κ2) is 12.5. The number of carbonyl (C=O) groups excluding carboxylic acids is 2. The molecule has 0 saturated carbocycles. The minimum atomic E-state index is -0.963. The van der Waals surface area contributed by atoms with Crippen LogP contribution in [0.4, 0.5) is 9.52 Å². The average molecular weight is 575 g/mol. The number of unbranched alkanes of at least 4 members (excludes halogenated alkanes) is 2. The lowest BCUT2D eigenvalue weighted by Gasteiger charge is -2.23. The molecule has 41 heavy (non-hydrogen) atoms. The van der Waals surface area contributed by atoms with Gasteiger partial charge in [-0.1, -0.05) is 62.3 Å². The van der Waals surface area contributed by atoms with E-state index < -0.39 is 23.5 Å². The molecule has 1 unspecified atom stereocenters. The van der Waals surface area contributed by atoms with Crippen molar-refractivity contribution in [1.29, 1.82) is 0 Å². The highest BCUT2D eigenvalue weighted by Gasteiger charge is 2.48. The van der Waals surface area contributed by atoms with Gasteiger partial charge in [-0.15, -0.1) is 0 Å². The van der Waals surface area contributed by atoms with E-state index in [1.807, 2.05) is 0 Å². The Morgan fingerprint density at radius 1 is 0.951 bits per heavy atom. The molecule has 1 N–H and O–H groups in total. The van der Waals surface area contributed by atoms with E-state index in [0.29, 0.717) is 46.1 Å². The average Bonchev–Trinajstić information content (AvgIpc) is 3.51. The highest BCUT2D eigenvalue weighted by molar-refractivity contribution is 7.22. The number of thiazole rings is 1. The molecule has 0 aliphatic carbocycles. The van der Waals surface area contributed by atoms with Crippen LogP contribution in [0.25, 0.3) is 16.0 Å². The molecule has 1 aromatic heterocycles. The Labute approximate surface area is 241 Å². The summed E-state index contributed by atoms with van der Waals surface area (Å²) in [5, 5.41) is 11.7. The lowest BCUT2D eigenvalue weighted by molar-refractivity contribution is -0.132. The number of carbonyl (C=O) groups is 2. The van der Waals surface area contributed by atoms with Crippen molar-refractivity contribution in [3.8, 4) is 11.5 Å². The van der Waals surface area contributed by atoms with Gasteiger partial charge in [-0.3, -0.25) is 14.5 Å². The van der Waals surface area contributed by atoms with Crippen LogP contribution in [-0.2, 0) is 9.59 Å². The summed E-state index contributed by atoms with van der Waals surface area (Å²) < 4.78 is 26.1. The maximum absolute atomic E-state index is 13.9. The smallest absolute Gasteiger partial charge is 0.301 e. The third-order valence-electron chi connectivity index (χ3n) is 6.83. The molecule has 1 saturated heterocycles. The van der Waals surface area contributed by atoms with Gasteiger partial charge >= 0.3 is 5.91 Å². The Bertz CT molecular complexity index is 1600. The zero-order valence-electron chi connectivity index (χ0n) is 22.9. The monoisotopic (exact) mass is 574 g/mol. The van der Waals surface area contributed by atoms with Crippen molar-refractivity contribution in [2.45, 2.75) is 45.6 Å². The third kappa shape index (κ3) is 5.95. The van der Waals surface area contributed by atoms with Crippen molar-refractivity contribution in [3.05, 3.63) is 89.2 Å². The van der Waals surface area contributed by atoms with E-state index in [2.05, 4.69) is 18.8 Å². The molecule has 9 heteroatoms. The molecule has 1 amide bonds. The number of anilines is 1. The fraction of sp³-hybridized carbons (Fsp3) is 0.281. The second-order valence-corrected chi connectivity index (χ2v) is 10.8. The summed E-state index contributed by atoms with van der Waals surface area (Å²) in [6.07, 6.45) is 3.78. The molecule has 4 aromatic rings. The van der Waals surface area contributed by atoms with Crippen molar-refractivity contribution in [2.24, 2.45) is 0 Å². The van der Waals surface area contributed by atoms with E-state index in [-0.39, 0.29) is 16.5 Å². The molecule has 7 nitrogen and oxygen atoms in total. The number of nitrogens with zero attached hydrogens (tertiary/aromatic N) is 2. The van der Waals surface area contributed by atoms with Crippen LogP contribution in [0, 0.1) is 5.82 Å². The summed E-state index contributed by atoms with van der Waals surface area (Å²) in [5.41, 5.74) is 1.39. The van der Waals surface area contributed by atoms with Gasteiger partial charge in [0.2, 0.25) is 0 Å². The molecule has 212 valence electrons. The van der Waals surface area contributed by atoms with E-state index in [9.17, 15) is 19.1 Å². The highest BCUT2D eigenvalue weighted by atomic mass is 32.1. The largest absolute Gasteiger partial charge is 0.507 e. The van der Waals surface area contributed by atoms with Crippen LogP contribution in [-0.4, -0.2) is 35.0 Å². The van der Waals surface area contributed by atoms with Gasteiger partial charge in [-0.25, -0.2) is 9.37 Å². The lowest BCUT2D eigenvalue weighted by Crippen LogP contribution is -2.29. The molecule has 2 heterocycles. The zero-order valence-corrected chi connectivity index (χ0v) is 23.7. The van der Waals surface area contributed by atoms with E-state index in [1.54, 1.807) is 48.5 Å². The molecule has 0 bridgehead atoms. The van der Waals surface area contributed by atoms with Crippen molar-refractivity contribution in [2.75, 3.05) is 18.1 Å². The first-order valence-corrected chi connectivity index (χ1v) is 14.6. The van der Waals surface area contributed by atoms with Crippen LogP contribution >= 0.6 is 11.3 Å². The summed E-state index contributed by atoms with van der Waals surface area (Å²) in [5.74, 6) is -1.19. The number of ether oxygens (including phenoxy) is 2. The first-order chi connectivity index (χ1) is 19.9. The van der Waals surface area contributed by atoms with E-state index in [0.717, 1.165) is 37.0 Å². The van der Waals surface area contributed by atoms with Gasteiger partial charge in [0, 0.05) is 5.56 Å². The number of amides is 1. The van der Waals surface area contributed by atoms with Crippen LogP contribution in [0.2, 0.25) is 0 Å². The summed E-state index contributed by atoms with van der Waals surface area (Å²) in [6.45, 7) is 5.25. The Morgan fingerprint density at radius 2 is 1.66 bits per heavy atom. The van der Waals surface area contributed by atoms with Crippen LogP contribution < -0.4 is 14.4 Å². The number of Topliss-reactive ketones (excluding diaryl/α,β-unsaturated/α-hetero) is 1. The van der Waals surface area contributed by atoms with Crippen molar-refractivity contribution in [3.63, 3.8) is 0 Å². The number of aliphatic hydroxyl groups excluding tert-OH is 1. The number of aliphatic hydroxyl groups is 1. The minimum absolute atomic E-state index is 0.0641. The lowest BCUT2D eigenvalue weighted by atomic mass is 9.95. The topological polar surface area (TPSA) is 89.0 Å². The Hall–Kier alpha value is -4.24. The van der Waals surface area contributed by atoms with Crippen LogP contribution in [0.5, 0.6) is 11.5 Å². The van der Waals surface area contributed by atoms with Gasteiger partial charge in [-0.05, 0) is 60.9 Å². The maximum Gasteiger partial charge on any atom is 0.301 e. The molecule has 1 fully saturated rings. The van der Waals surface area contributed by atoms with E-state index >= 15 is 0 Å². The number of benzene rings is 3. The first-order valence-electron chi connectivity index (χ1n) is 13.7. The first kappa shape index (κ1) is 28.3. The molecule has 1 aliphatic heterocycles. The summed E-state index contributed by atoms with van der Waals surface area (Å²) >= 11 is 1.11. The number of hydrogen-bond donors (Lipinski definition) is 1. The molecule has 5 rings (SSSR count). The van der Waals surface area contributed by atoms with Crippen LogP contribution in [0.3, 0.4) is 0 Å². The number of fused-ring (bicyclic) bond motifs is 1. The van der Waals surface area contributed by atoms with Gasteiger partial charge in [-0.2, -0.15) is 0 Å². The van der Waals surface area contributed by atoms with Gasteiger partial charge in [0.05, 0.1) is 35.0 Å². The van der Waals surface area contributed by atoms with Gasteiger partial charge in [0.25, 0.3) is 5.78 Å². The summed E-state index contributed by atoms with van der Waals surface area (Å²) in [7, 11) is 0. The molecular formula is C32H31FN2O5S. The molecule has 0 spiro atoms. The normalized spacial score (nSPS) is 16.5. The van der Waals surface area contributed by atoms with Gasteiger partial charge in [0.15, 0.2) is 5.13 Å². The van der Waals surface area contributed by atoms with Crippen molar-refractivity contribution >= 4 is 44.1 Å². The summed E-state index contributed by atoms with van der Waals surface area (Å²) in [4.78, 5) is 32.9. The quantitative estimate of drug-likeness (QED) is 0.0868. The number of rotatable bonds is 11. The van der Waals surface area contributed by atoms with Gasteiger partial charge in [0.1, 0.15) is 23.1 Å². The fourth-order valence-corrected chi connectivity index (χ4v) is 5.66. The Morgan fingerprint density at radius 3 is 2.37 bits per heavy atom. The summed E-state index contributed by atoms with van der Waals surface area (Å²) in [6, 6.07) is 17.1. The Balaban J connectivity index is 1.60. The number of ketones is 1. The minimum Gasteiger partial charge on any atom is -0.507 e. The second-order valence-electron chi connectivity index (χ2n) is 9.78. The molecule has 0 radical (unpaired) electrons. The molecule has 3 aromatic carbocycles. The van der Waals surface area contributed by atoms with Gasteiger partial charge < -0.3 is 14.6 Å². The van der Waals surface area contributed by atoms with Crippen molar-refractivity contribution in [1.82, 2.24) is 4.98 Å². The molecule has 1 atom stereocenters. The van der Waals surface area contributed by atoms with Crippen LogP contribution in [0.1, 0.15) is 56.7 Å². The number of halogens is 1. The number of hydrogen-bond acceptors (Lipinski definition) is 7. The standard InChI is InChI=1S/C32H31FN2O5S/c1-3-5-16-39-23-13-10-20(11-14-23)28-27(29(36)21-8-7-9-24(18-21)40-17-6-4-2)30(37)31(38)35(28)32-34-25-15-12-22(33)19-26(25)41-32/h7-15,18-19,28,36H,3-6,16-17H2,1-2H3. The zero-order chi connectivity index (χ0) is 28.9. The van der Waals surface area contributed by atoms with E-state index in [1.165, 1.54) is 23.1 Å².